The molecular formula is C16H18ClN3O2. The van der Waals surface area contributed by atoms with E-state index in [1.165, 1.54) is 13.5 Å². The Labute approximate surface area is 134 Å². The number of nitrogens with zero attached hydrogens (tertiary/aromatic N) is 2. The summed E-state index contributed by atoms with van der Waals surface area (Å²) >= 11 is 5.96. The average molecular weight is 320 g/mol. The molecule has 1 aromatic heterocycles. The summed E-state index contributed by atoms with van der Waals surface area (Å²) in [4.78, 5) is 16.9. The number of benzene rings is 1. The first-order valence-electron chi connectivity index (χ1n) is 7.40. The number of carbonyl (C=O) groups is 1. The van der Waals surface area contributed by atoms with Crippen molar-refractivity contribution in [1.82, 2.24) is 15.3 Å². The number of nitrogens with one attached hydrogen (secondary N) is 1. The molecule has 0 unspecified atom stereocenters. The molecule has 1 aliphatic carbocycles. The van der Waals surface area contributed by atoms with Crippen molar-refractivity contribution in [1.29, 1.82) is 0 Å². The number of carbonyl (C=O) groups excluding carboxylic acids is 1. The molecule has 0 bridgehead atoms. The molecule has 0 saturated carbocycles. The molecule has 6 heteroatoms. The number of hydrogen-bond acceptors (Lipinski definition) is 3. The van der Waals surface area contributed by atoms with Gasteiger partial charge in [-0.1, -0.05) is 18.0 Å². The predicted octanol–water partition coefficient (Wildman–Crippen LogP) is 3.09. The van der Waals surface area contributed by atoms with E-state index in [4.69, 9.17) is 16.4 Å². The second-order valence-electron chi connectivity index (χ2n) is 5.36. The molecule has 5 nitrogen and oxygen atoms in total. The highest BCUT2D eigenvalue weighted by atomic mass is 35.5. The van der Waals surface area contributed by atoms with Gasteiger partial charge in [0, 0.05) is 16.3 Å². The van der Waals surface area contributed by atoms with Crippen molar-refractivity contribution in [3.05, 3.63) is 46.2 Å². The normalized spacial score (nSPS) is 14.3. The lowest BCUT2D eigenvalue weighted by Crippen LogP contribution is -2.23. The highest BCUT2D eigenvalue weighted by molar-refractivity contribution is 6.30. The fourth-order valence-corrected chi connectivity index (χ4v) is 3.02. The first-order valence-corrected chi connectivity index (χ1v) is 7.78. The molecule has 0 atom stereocenters. The van der Waals surface area contributed by atoms with Gasteiger partial charge in [0.25, 0.3) is 5.91 Å². The van der Waals surface area contributed by atoms with Crippen LogP contribution in [0.1, 0.15) is 41.0 Å². The van der Waals surface area contributed by atoms with Crippen LogP contribution in [-0.2, 0) is 17.7 Å². The van der Waals surface area contributed by atoms with Gasteiger partial charge in [-0.2, -0.15) is 5.10 Å². The molecule has 2 aromatic rings. The number of aromatic nitrogens is 2. The highest BCUT2D eigenvalue weighted by Gasteiger charge is 2.24. The molecule has 1 heterocycles. The highest BCUT2D eigenvalue weighted by Crippen LogP contribution is 2.26. The Morgan fingerprint density at radius 3 is 2.68 bits per heavy atom. The van der Waals surface area contributed by atoms with Crippen molar-refractivity contribution >= 4 is 17.5 Å². The number of hydroxylamine groups is 1. The van der Waals surface area contributed by atoms with E-state index in [1.807, 2.05) is 28.9 Å². The van der Waals surface area contributed by atoms with E-state index >= 15 is 0 Å². The van der Waals surface area contributed by atoms with E-state index in [0.717, 1.165) is 42.6 Å². The van der Waals surface area contributed by atoms with Gasteiger partial charge in [0.1, 0.15) is 0 Å². The smallest absolute Gasteiger partial charge is 0.277 e. The molecular weight excluding hydrogens is 302 g/mol. The molecule has 0 radical (unpaired) electrons. The zero-order valence-corrected chi connectivity index (χ0v) is 13.2. The molecule has 3 rings (SSSR count). The maximum Gasteiger partial charge on any atom is 0.295 e. The van der Waals surface area contributed by atoms with Crippen LogP contribution < -0.4 is 5.48 Å². The molecule has 0 aliphatic heterocycles. The summed E-state index contributed by atoms with van der Waals surface area (Å²) in [5.41, 5.74) is 5.88. The standard InChI is InChI=1S/C16H18ClN3O2/c1-22-19-16(21)15-13-5-3-2-4-6-14(13)20(18-15)12-9-7-11(17)8-10-12/h7-10H,2-6H2,1H3,(H,19,21). The summed E-state index contributed by atoms with van der Waals surface area (Å²) in [5, 5.41) is 5.21. The summed E-state index contributed by atoms with van der Waals surface area (Å²) < 4.78 is 1.86. The van der Waals surface area contributed by atoms with Crippen LogP contribution in [-0.4, -0.2) is 22.8 Å². The lowest BCUT2D eigenvalue weighted by atomic mass is 10.1. The Morgan fingerprint density at radius 2 is 1.95 bits per heavy atom. The third kappa shape index (κ3) is 2.87. The number of amides is 1. The van der Waals surface area contributed by atoms with Gasteiger partial charge < -0.3 is 0 Å². The van der Waals surface area contributed by atoms with Crippen LogP contribution in [0.4, 0.5) is 0 Å². The van der Waals surface area contributed by atoms with Crippen molar-refractivity contribution in [2.75, 3.05) is 7.11 Å². The van der Waals surface area contributed by atoms with Crippen molar-refractivity contribution in [3.8, 4) is 5.69 Å². The molecule has 116 valence electrons. The van der Waals surface area contributed by atoms with E-state index in [-0.39, 0.29) is 5.91 Å². The van der Waals surface area contributed by atoms with Gasteiger partial charge in [-0.3, -0.25) is 9.63 Å². The predicted molar refractivity (Wildman–Crippen MR) is 84.3 cm³/mol. The van der Waals surface area contributed by atoms with Crippen LogP contribution in [0.15, 0.2) is 24.3 Å². The Balaban J connectivity index is 2.09. The number of fused-ring (bicyclic) bond motifs is 1. The van der Waals surface area contributed by atoms with Crippen molar-refractivity contribution in [2.24, 2.45) is 0 Å². The Bertz CT molecular complexity index is 679. The van der Waals surface area contributed by atoms with Gasteiger partial charge in [0.15, 0.2) is 5.69 Å². The zero-order chi connectivity index (χ0) is 15.5. The first kappa shape index (κ1) is 15.1. The average Bonchev–Trinajstić information content (AvgIpc) is 2.71. The summed E-state index contributed by atoms with van der Waals surface area (Å²) in [6, 6.07) is 7.49. The third-order valence-electron chi connectivity index (χ3n) is 3.91. The molecule has 1 aromatic carbocycles. The number of halogens is 1. The van der Waals surface area contributed by atoms with E-state index in [9.17, 15) is 4.79 Å². The number of rotatable bonds is 3. The lowest BCUT2D eigenvalue weighted by Gasteiger charge is -2.07. The minimum atomic E-state index is -0.298. The fraction of sp³-hybridized carbons (Fsp3) is 0.375. The van der Waals surface area contributed by atoms with Crippen molar-refractivity contribution in [3.63, 3.8) is 0 Å². The minimum Gasteiger partial charge on any atom is -0.277 e. The topological polar surface area (TPSA) is 56.1 Å². The molecule has 1 aliphatic rings. The Kier molecular flexibility index (Phi) is 4.45. The molecule has 22 heavy (non-hydrogen) atoms. The van der Waals surface area contributed by atoms with Gasteiger partial charge in [0.2, 0.25) is 0 Å². The van der Waals surface area contributed by atoms with Crippen LogP contribution in [0.2, 0.25) is 5.02 Å². The van der Waals surface area contributed by atoms with Crippen LogP contribution >= 0.6 is 11.6 Å². The quantitative estimate of drug-likeness (QED) is 0.698. The number of hydrogen-bond donors (Lipinski definition) is 1. The van der Waals surface area contributed by atoms with Gasteiger partial charge >= 0.3 is 0 Å². The monoisotopic (exact) mass is 319 g/mol. The first-order chi connectivity index (χ1) is 10.7. The molecule has 0 fully saturated rings. The largest absolute Gasteiger partial charge is 0.295 e. The molecule has 1 N–H and O–H groups in total. The van der Waals surface area contributed by atoms with Gasteiger partial charge in [-0.05, 0) is 49.9 Å². The van der Waals surface area contributed by atoms with Gasteiger partial charge in [0.05, 0.1) is 12.8 Å². The SMILES string of the molecule is CONC(=O)c1nn(-c2ccc(Cl)cc2)c2c1CCCCC2. The lowest BCUT2D eigenvalue weighted by molar-refractivity contribution is 0.0531. The molecule has 0 spiro atoms. The van der Waals surface area contributed by atoms with E-state index < -0.39 is 0 Å². The summed E-state index contributed by atoms with van der Waals surface area (Å²) in [6.45, 7) is 0. The van der Waals surface area contributed by atoms with E-state index in [0.29, 0.717) is 10.7 Å². The van der Waals surface area contributed by atoms with E-state index in [1.54, 1.807) is 0 Å². The van der Waals surface area contributed by atoms with E-state index in [2.05, 4.69) is 10.6 Å². The summed E-state index contributed by atoms with van der Waals surface area (Å²) in [6.07, 6.45) is 5.14. The van der Waals surface area contributed by atoms with Gasteiger partial charge in [-0.15, -0.1) is 0 Å². The maximum absolute atomic E-state index is 12.2. The van der Waals surface area contributed by atoms with Crippen LogP contribution in [0.3, 0.4) is 0 Å². The molecule has 0 saturated heterocycles. The van der Waals surface area contributed by atoms with Crippen molar-refractivity contribution < 1.29 is 9.63 Å². The second-order valence-corrected chi connectivity index (χ2v) is 5.79. The maximum atomic E-state index is 12.2. The summed E-state index contributed by atoms with van der Waals surface area (Å²) in [7, 11) is 1.42. The summed E-state index contributed by atoms with van der Waals surface area (Å²) in [5.74, 6) is -0.298. The third-order valence-corrected chi connectivity index (χ3v) is 4.16. The van der Waals surface area contributed by atoms with Crippen molar-refractivity contribution in [2.45, 2.75) is 32.1 Å². The van der Waals surface area contributed by atoms with Crippen LogP contribution in [0.5, 0.6) is 0 Å². The minimum absolute atomic E-state index is 0.298. The molecule has 1 amide bonds. The Hall–Kier alpha value is -1.85. The zero-order valence-electron chi connectivity index (χ0n) is 12.4. The van der Waals surface area contributed by atoms with Crippen LogP contribution in [0, 0.1) is 0 Å². The Morgan fingerprint density at radius 1 is 1.23 bits per heavy atom. The van der Waals surface area contributed by atoms with Crippen LogP contribution in [0.25, 0.3) is 5.69 Å². The van der Waals surface area contributed by atoms with Gasteiger partial charge in [-0.25, -0.2) is 10.2 Å². The second kappa shape index (κ2) is 6.50. The fourth-order valence-electron chi connectivity index (χ4n) is 2.90.